The highest BCUT2D eigenvalue weighted by atomic mass is 19.4. The number of nitrogens with one attached hydrogen (secondary N) is 1. The van der Waals surface area contributed by atoms with Crippen LogP contribution in [0.2, 0.25) is 0 Å². The maximum atomic E-state index is 12.4. The van der Waals surface area contributed by atoms with Crippen LogP contribution < -0.4 is 5.32 Å². The number of halogens is 3. The molecule has 18 heavy (non-hydrogen) atoms. The highest BCUT2D eigenvalue weighted by Gasteiger charge is 2.31. The zero-order valence-electron chi connectivity index (χ0n) is 9.64. The van der Waals surface area contributed by atoms with E-state index < -0.39 is 11.7 Å². The van der Waals surface area contributed by atoms with E-state index in [1.54, 1.807) is 13.0 Å². The normalized spacial score (nSPS) is 10.8. The van der Waals surface area contributed by atoms with E-state index in [1.165, 1.54) is 0 Å². The molecule has 0 spiro atoms. The Morgan fingerprint density at radius 3 is 2.61 bits per heavy atom. The fraction of sp³-hybridized carbons (Fsp3) is 0.333. The van der Waals surface area contributed by atoms with Crippen LogP contribution in [0.5, 0.6) is 0 Å². The minimum atomic E-state index is -4.50. The van der Waals surface area contributed by atoms with Crippen LogP contribution in [0.1, 0.15) is 30.9 Å². The molecule has 0 unspecified atom stereocenters. The quantitative estimate of drug-likeness (QED) is 0.901. The van der Waals surface area contributed by atoms with Crippen molar-refractivity contribution in [2.75, 3.05) is 5.32 Å². The molecule has 0 aliphatic carbocycles. The number of carbonyl (C=O) groups excluding carboxylic acids is 1. The molecule has 1 aromatic rings. The summed E-state index contributed by atoms with van der Waals surface area (Å²) in [5, 5.41) is 11.2. The maximum absolute atomic E-state index is 12.4. The van der Waals surface area contributed by atoms with Gasteiger partial charge in [0.05, 0.1) is 16.8 Å². The van der Waals surface area contributed by atoms with Crippen LogP contribution >= 0.6 is 0 Å². The molecule has 0 aliphatic heterocycles. The number of alkyl halides is 3. The summed E-state index contributed by atoms with van der Waals surface area (Å²) in [7, 11) is 0. The first-order valence-electron chi connectivity index (χ1n) is 5.29. The zero-order chi connectivity index (χ0) is 13.8. The highest BCUT2D eigenvalue weighted by molar-refractivity contribution is 5.92. The lowest BCUT2D eigenvalue weighted by atomic mass is 10.1. The largest absolute Gasteiger partial charge is 0.416 e. The maximum Gasteiger partial charge on any atom is 0.416 e. The third-order valence-corrected chi connectivity index (χ3v) is 2.22. The van der Waals surface area contributed by atoms with E-state index in [1.807, 2.05) is 0 Å². The molecule has 0 bridgehead atoms. The van der Waals surface area contributed by atoms with Gasteiger partial charge in [0.1, 0.15) is 6.07 Å². The van der Waals surface area contributed by atoms with Crippen LogP contribution in [0.25, 0.3) is 0 Å². The third kappa shape index (κ3) is 3.48. The van der Waals surface area contributed by atoms with E-state index in [0.717, 1.165) is 18.2 Å². The highest BCUT2D eigenvalue weighted by Crippen LogP contribution is 2.31. The molecule has 0 heterocycles. The van der Waals surface area contributed by atoms with Gasteiger partial charge in [-0.3, -0.25) is 4.79 Å². The predicted octanol–water partition coefficient (Wildman–Crippen LogP) is 3.32. The van der Waals surface area contributed by atoms with Gasteiger partial charge < -0.3 is 5.32 Å². The summed E-state index contributed by atoms with van der Waals surface area (Å²) in [6.07, 6.45) is -3.63. The Labute approximate surface area is 102 Å². The molecular weight excluding hydrogens is 245 g/mol. The summed E-state index contributed by atoms with van der Waals surface area (Å²) in [5.74, 6) is -0.325. The van der Waals surface area contributed by atoms with Crippen LogP contribution in [-0.4, -0.2) is 5.91 Å². The molecule has 1 rings (SSSR count). The first-order chi connectivity index (χ1) is 8.38. The second-order valence-electron chi connectivity index (χ2n) is 3.67. The predicted molar refractivity (Wildman–Crippen MR) is 59.7 cm³/mol. The molecular formula is C12H11F3N2O. The number of nitriles is 1. The van der Waals surface area contributed by atoms with E-state index in [2.05, 4.69) is 5.32 Å². The Morgan fingerprint density at radius 1 is 1.44 bits per heavy atom. The topological polar surface area (TPSA) is 52.9 Å². The van der Waals surface area contributed by atoms with Crippen molar-refractivity contribution < 1.29 is 18.0 Å². The van der Waals surface area contributed by atoms with Gasteiger partial charge in [-0.05, 0) is 24.6 Å². The van der Waals surface area contributed by atoms with Crippen molar-refractivity contribution in [3.8, 4) is 6.07 Å². The summed E-state index contributed by atoms with van der Waals surface area (Å²) in [5.41, 5.74) is -1.01. The van der Waals surface area contributed by atoms with Gasteiger partial charge in [0.2, 0.25) is 5.91 Å². The van der Waals surface area contributed by atoms with Crippen molar-refractivity contribution >= 4 is 11.6 Å². The fourth-order valence-electron chi connectivity index (χ4n) is 1.36. The van der Waals surface area contributed by atoms with E-state index >= 15 is 0 Å². The molecule has 0 saturated heterocycles. The number of nitrogens with zero attached hydrogens (tertiary/aromatic N) is 1. The van der Waals surface area contributed by atoms with Crippen molar-refractivity contribution in [3.63, 3.8) is 0 Å². The third-order valence-electron chi connectivity index (χ3n) is 2.22. The monoisotopic (exact) mass is 256 g/mol. The lowest BCUT2D eigenvalue weighted by Gasteiger charge is -2.10. The zero-order valence-corrected chi connectivity index (χ0v) is 9.64. The molecule has 0 radical (unpaired) electrons. The second kappa shape index (κ2) is 5.54. The number of rotatable bonds is 3. The molecule has 1 amide bonds. The van der Waals surface area contributed by atoms with Crippen molar-refractivity contribution in [2.24, 2.45) is 0 Å². The number of hydrogen-bond donors (Lipinski definition) is 1. The molecule has 3 nitrogen and oxygen atoms in total. The van der Waals surface area contributed by atoms with Gasteiger partial charge in [0.25, 0.3) is 0 Å². The Morgan fingerprint density at radius 2 is 2.11 bits per heavy atom. The molecule has 1 aromatic carbocycles. The number of carbonyl (C=O) groups is 1. The summed E-state index contributed by atoms with van der Waals surface area (Å²) in [6.45, 7) is 1.80. The molecule has 0 saturated carbocycles. The minimum Gasteiger partial charge on any atom is -0.325 e. The minimum absolute atomic E-state index is 0.101. The SMILES string of the molecule is CCCC(=O)Nc1ccc(C(F)(F)F)cc1C#N. The van der Waals surface area contributed by atoms with Gasteiger partial charge in [-0.25, -0.2) is 0 Å². The lowest BCUT2D eigenvalue weighted by Crippen LogP contribution is -2.13. The molecule has 6 heteroatoms. The van der Waals surface area contributed by atoms with Gasteiger partial charge in [-0.1, -0.05) is 6.92 Å². The first kappa shape index (κ1) is 14.0. The molecule has 0 aliphatic rings. The summed E-state index contributed by atoms with van der Waals surface area (Å²) in [4.78, 5) is 11.3. The van der Waals surface area contributed by atoms with Crippen molar-refractivity contribution in [1.29, 1.82) is 5.26 Å². The van der Waals surface area contributed by atoms with E-state index in [4.69, 9.17) is 5.26 Å². The average molecular weight is 256 g/mol. The van der Waals surface area contributed by atoms with Gasteiger partial charge in [-0.2, -0.15) is 18.4 Å². The Balaban J connectivity index is 3.02. The fourth-order valence-corrected chi connectivity index (χ4v) is 1.36. The molecule has 0 atom stereocenters. The summed E-state index contributed by atoms with van der Waals surface area (Å²) >= 11 is 0. The van der Waals surface area contributed by atoms with Crippen LogP contribution in [0.3, 0.4) is 0 Å². The van der Waals surface area contributed by atoms with Gasteiger partial charge >= 0.3 is 6.18 Å². The second-order valence-corrected chi connectivity index (χ2v) is 3.67. The van der Waals surface area contributed by atoms with E-state index in [0.29, 0.717) is 6.42 Å². The number of hydrogen-bond acceptors (Lipinski definition) is 2. The van der Waals surface area contributed by atoms with Crippen molar-refractivity contribution in [2.45, 2.75) is 25.9 Å². The Kier molecular flexibility index (Phi) is 4.32. The summed E-state index contributed by atoms with van der Waals surface area (Å²) in [6, 6.07) is 4.29. The van der Waals surface area contributed by atoms with Crippen molar-refractivity contribution in [1.82, 2.24) is 0 Å². The number of anilines is 1. The van der Waals surface area contributed by atoms with Crippen LogP contribution in [0.15, 0.2) is 18.2 Å². The first-order valence-corrected chi connectivity index (χ1v) is 5.29. The van der Waals surface area contributed by atoms with E-state index in [9.17, 15) is 18.0 Å². The average Bonchev–Trinajstić information content (AvgIpc) is 2.28. The molecule has 1 N–H and O–H groups in total. The van der Waals surface area contributed by atoms with E-state index in [-0.39, 0.29) is 23.6 Å². The van der Waals surface area contributed by atoms with Crippen LogP contribution in [0, 0.1) is 11.3 Å². The van der Waals surface area contributed by atoms with Crippen LogP contribution in [0.4, 0.5) is 18.9 Å². The molecule has 0 aromatic heterocycles. The molecule has 0 fully saturated rings. The summed E-state index contributed by atoms with van der Waals surface area (Å²) < 4.78 is 37.3. The van der Waals surface area contributed by atoms with Gasteiger partial charge in [-0.15, -0.1) is 0 Å². The van der Waals surface area contributed by atoms with Gasteiger partial charge in [0.15, 0.2) is 0 Å². The smallest absolute Gasteiger partial charge is 0.325 e. The Bertz CT molecular complexity index is 489. The van der Waals surface area contributed by atoms with Gasteiger partial charge in [0, 0.05) is 6.42 Å². The van der Waals surface area contributed by atoms with Crippen molar-refractivity contribution in [3.05, 3.63) is 29.3 Å². The van der Waals surface area contributed by atoms with Crippen LogP contribution in [-0.2, 0) is 11.0 Å². The molecule has 96 valence electrons. The lowest BCUT2D eigenvalue weighted by molar-refractivity contribution is -0.137. The number of amides is 1. The number of benzene rings is 1. The standard InChI is InChI=1S/C12H11F3N2O/c1-2-3-11(18)17-10-5-4-9(12(13,14)15)6-8(10)7-16/h4-6H,2-3H2,1H3,(H,17,18). The Hall–Kier alpha value is -2.03.